The fraction of sp³-hybridized carbons (Fsp3) is 0.435. The molecule has 1 aromatic carbocycles. The van der Waals surface area contributed by atoms with Gasteiger partial charge in [-0.3, -0.25) is 18.7 Å². The van der Waals surface area contributed by atoms with Crippen molar-refractivity contribution in [1.29, 1.82) is 0 Å². The van der Waals surface area contributed by atoms with Gasteiger partial charge in [0.2, 0.25) is 0 Å². The first kappa shape index (κ1) is 23.7. The standard InChI is InChI=1S/C23H28N4O4S/c1-7-10-27-20-18(22(29)26(5)23(27)30)21(25-19(24-20)13(2)3)32-12-16-11-15(14(4)28)8-9-17(16)31-6/h8-9,11,13H,7,10,12H2,1-6H3. The smallest absolute Gasteiger partial charge is 0.332 e. The number of aryl methyl sites for hydroxylation is 1. The summed E-state index contributed by atoms with van der Waals surface area (Å²) >= 11 is 1.37. The summed E-state index contributed by atoms with van der Waals surface area (Å²) in [4.78, 5) is 46.9. The number of ether oxygens (including phenoxy) is 1. The van der Waals surface area contributed by atoms with E-state index in [1.54, 1.807) is 29.9 Å². The topological polar surface area (TPSA) is 96.1 Å². The van der Waals surface area contributed by atoms with E-state index in [1.165, 1.54) is 25.7 Å². The molecule has 0 saturated heterocycles. The van der Waals surface area contributed by atoms with Crippen LogP contribution in [-0.2, 0) is 19.3 Å². The molecule has 0 fully saturated rings. The summed E-state index contributed by atoms with van der Waals surface area (Å²) in [5.41, 5.74) is 0.973. The number of thioether (sulfide) groups is 1. The molecule has 0 saturated carbocycles. The van der Waals surface area contributed by atoms with E-state index >= 15 is 0 Å². The molecule has 0 bridgehead atoms. The van der Waals surface area contributed by atoms with Gasteiger partial charge in [-0.05, 0) is 31.5 Å². The number of fused-ring (bicyclic) bond motifs is 1. The number of benzene rings is 1. The number of ketones is 1. The van der Waals surface area contributed by atoms with Crippen LogP contribution in [0.5, 0.6) is 5.75 Å². The molecule has 2 aromatic heterocycles. The molecule has 32 heavy (non-hydrogen) atoms. The lowest BCUT2D eigenvalue weighted by Gasteiger charge is -2.15. The molecule has 0 radical (unpaired) electrons. The van der Waals surface area contributed by atoms with Gasteiger partial charge in [0.05, 0.1) is 7.11 Å². The average Bonchev–Trinajstić information content (AvgIpc) is 2.77. The molecular formula is C23H28N4O4S. The molecule has 0 unspecified atom stereocenters. The molecule has 170 valence electrons. The normalized spacial score (nSPS) is 11.3. The van der Waals surface area contributed by atoms with Gasteiger partial charge in [-0.1, -0.05) is 20.8 Å². The van der Waals surface area contributed by atoms with Crippen molar-refractivity contribution in [2.24, 2.45) is 7.05 Å². The predicted octanol–water partition coefficient (Wildman–Crippen LogP) is 3.53. The van der Waals surface area contributed by atoms with Crippen LogP contribution in [0, 0.1) is 0 Å². The summed E-state index contributed by atoms with van der Waals surface area (Å²) in [5, 5.41) is 0.844. The van der Waals surface area contributed by atoms with Crippen LogP contribution in [0.4, 0.5) is 0 Å². The maximum Gasteiger partial charge on any atom is 0.332 e. The Balaban J connectivity index is 2.20. The van der Waals surface area contributed by atoms with Crippen LogP contribution in [-0.4, -0.2) is 32.0 Å². The van der Waals surface area contributed by atoms with Gasteiger partial charge >= 0.3 is 5.69 Å². The number of carbonyl (C=O) groups is 1. The second-order valence-corrected chi connectivity index (χ2v) is 8.87. The van der Waals surface area contributed by atoms with Gasteiger partial charge in [-0.2, -0.15) is 0 Å². The second kappa shape index (κ2) is 9.68. The molecule has 0 aliphatic rings. The first-order valence-electron chi connectivity index (χ1n) is 10.5. The van der Waals surface area contributed by atoms with E-state index in [1.807, 2.05) is 20.8 Å². The highest BCUT2D eigenvalue weighted by Gasteiger charge is 2.20. The maximum atomic E-state index is 13.1. The number of nitrogens with zero attached hydrogens (tertiary/aromatic N) is 4. The van der Waals surface area contributed by atoms with Gasteiger partial charge in [0.25, 0.3) is 5.56 Å². The quantitative estimate of drug-likeness (QED) is 0.291. The number of Topliss-reactive ketones (excluding diaryl/α,β-unsaturated/α-hetero) is 1. The number of hydrogen-bond acceptors (Lipinski definition) is 7. The highest BCUT2D eigenvalue weighted by molar-refractivity contribution is 7.98. The van der Waals surface area contributed by atoms with E-state index in [9.17, 15) is 14.4 Å². The summed E-state index contributed by atoms with van der Waals surface area (Å²) < 4.78 is 8.11. The van der Waals surface area contributed by atoms with E-state index in [0.29, 0.717) is 45.5 Å². The third kappa shape index (κ3) is 4.48. The molecule has 0 atom stereocenters. The zero-order chi connectivity index (χ0) is 23.6. The van der Waals surface area contributed by atoms with Crippen LogP contribution in [0.3, 0.4) is 0 Å². The summed E-state index contributed by atoms with van der Waals surface area (Å²) in [7, 11) is 3.05. The highest BCUT2D eigenvalue weighted by Crippen LogP contribution is 2.31. The number of aromatic nitrogens is 4. The second-order valence-electron chi connectivity index (χ2n) is 7.91. The van der Waals surface area contributed by atoms with Crippen molar-refractivity contribution in [3.8, 4) is 5.75 Å². The number of rotatable bonds is 8. The Labute approximate surface area is 190 Å². The summed E-state index contributed by atoms with van der Waals surface area (Å²) in [6.07, 6.45) is 0.728. The molecule has 0 aliphatic carbocycles. The van der Waals surface area contributed by atoms with Crippen molar-refractivity contribution in [2.45, 2.75) is 57.4 Å². The Morgan fingerprint density at radius 2 is 1.94 bits per heavy atom. The molecule has 3 rings (SSSR count). The molecule has 0 spiro atoms. The van der Waals surface area contributed by atoms with Crippen molar-refractivity contribution in [3.63, 3.8) is 0 Å². The van der Waals surface area contributed by atoms with Crippen molar-refractivity contribution in [1.82, 2.24) is 19.1 Å². The monoisotopic (exact) mass is 456 g/mol. The lowest BCUT2D eigenvalue weighted by Crippen LogP contribution is -2.39. The van der Waals surface area contributed by atoms with Gasteiger partial charge in [0.15, 0.2) is 11.4 Å². The number of methoxy groups -OCH3 is 1. The van der Waals surface area contributed by atoms with Crippen LogP contribution in [0.15, 0.2) is 32.8 Å². The fourth-order valence-corrected chi connectivity index (χ4v) is 4.40. The van der Waals surface area contributed by atoms with E-state index < -0.39 is 5.56 Å². The molecule has 0 N–H and O–H groups in total. The SMILES string of the molecule is CCCn1c(=O)n(C)c(=O)c2c(SCc3cc(C(C)=O)ccc3OC)nc(C(C)C)nc21. The van der Waals surface area contributed by atoms with Gasteiger partial charge in [-0.25, -0.2) is 14.8 Å². The molecular weight excluding hydrogens is 428 g/mol. The maximum absolute atomic E-state index is 13.1. The molecule has 3 aromatic rings. The number of hydrogen-bond donors (Lipinski definition) is 0. The van der Waals surface area contributed by atoms with Gasteiger partial charge in [0.1, 0.15) is 22.0 Å². The van der Waals surface area contributed by atoms with Crippen LogP contribution in [0.1, 0.15) is 61.8 Å². The molecule has 9 heteroatoms. The van der Waals surface area contributed by atoms with E-state index in [2.05, 4.69) is 9.97 Å². The minimum atomic E-state index is -0.417. The van der Waals surface area contributed by atoms with Crippen molar-refractivity contribution >= 4 is 28.6 Å². The molecule has 2 heterocycles. The zero-order valence-corrected chi connectivity index (χ0v) is 20.1. The molecule has 8 nitrogen and oxygen atoms in total. The first-order chi connectivity index (χ1) is 15.2. The van der Waals surface area contributed by atoms with E-state index in [0.717, 1.165) is 16.6 Å². The Kier molecular flexibility index (Phi) is 7.18. The van der Waals surface area contributed by atoms with Gasteiger partial charge < -0.3 is 4.74 Å². The minimum absolute atomic E-state index is 0.0172. The predicted molar refractivity (Wildman–Crippen MR) is 126 cm³/mol. The first-order valence-corrected chi connectivity index (χ1v) is 11.5. The van der Waals surface area contributed by atoms with Crippen LogP contribution < -0.4 is 16.0 Å². The van der Waals surface area contributed by atoms with E-state index in [-0.39, 0.29) is 17.4 Å². The summed E-state index contributed by atoms with van der Waals surface area (Å²) in [6, 6.07) is 5.29. The van der Waals surface area contributed by atoms with Crippen molar-refractivity contribution in [3.05, 3.63) is 56.0 Å². The molecule has 0 amide bonds. The Morgan fingerprint density at radius 1 is 1.22 bits per heavy atom. The van der Waals surface area contributed by atoms with Crippen molar-refractivity contribution in [2.75, 3.05) is 7.11 Å². The Hall–Kier alpha value is -2.94. The van der Waals surface area contributed by atoms with Gasteiger partial charge in [0, 0.05) is 36.4 Å². The summed E-state index contributed by atoms with van der Waals surface area (Å²) in [5.74, 6) is 1.64. The van der Waals surface area contributed by atoms with E-state index in [4.69, 9.17) is 4.74 Å². The Morgan fingerprint density at radius 3 is 2.53 bits per heavy atom. The van der Waals surface area contributed by atoms with Crippen molar-refractivity contribution < 1.29 is 9.53 Å². The van der Waals surface area contributed by atoms with Crippen LogP contribution in [0.25, 0.3) is 11.0 Å². The number of carbonyl (C=O) groups excluding carboxylic acids is 1. The lowest BCUT2D eigenvalue weighted by molar-refractivity contribution is 0.101. The third-order valence-electron chi connectivity index (χ3n) is 5.18. The third-order valence-corrected chi connectivity index (χ3v) is 6.21. The largest absolute Gasteiger partial charge is 0.496 e. The average molecular weight is 457 g/mol. The summed E-state index contributed by atoms with van der Waals surface area (Å²) in [6.45, 7) is 7.88. The lowest BCUT2D eigenvalue weighted by atomic mass is 10.1. The Bertz CT molecular complexity index is 1290. The van der Waals surface area contributed by atoms with Crippen LogP contribution in [0.2, 0.25) is 0 Å². The van der Waals surface area contributed by atoms with Crippen LogP contribution >= 0.6 is 11.8 Å². The molecule has 0 aliphatic heterocycles. The fourth-order valence-electron chi connectivity index (χ4n) is 3.40. The zero-order valence-electron chi connectivity index (χ0n) is 19.3. The van der Waals surface area contributed by atoms with Gasteiger partial charge in [-0.15, -0.1) is 11.8 Å². The minimum Gasteiger partial charge on any atom is -0.496 e. The highest BCUT2D eigenvalue weighted by atomic mass is 32.2.